The van der Waals surface area contributed by atoms with Crippen LogP contribution >= 0.6 is 11.3 Å². The first-order valence-corrected chi connectivity index (χ1v) is 6.01. The first kappa shape index (κ1) is 9.72. The second-order valence-corrected chi connectivity index (χ2v) is 5.19. The molecule has 0 saturated carbocycles. The number of fused-ring (bicyclic) bond motifs is 3. The maximum absolute atomic E-state index is 4.55. The topological polar surface area (TPSA) is 43.1 Å². The number of rotatable bonds is 0. The van der Waals surface area contributed by atoms with Crippen molar-refractivity contribution in [1.82, 2.24) is 14.8 Å². The van der Waals surface area contributed by atoms with Crippen LogP contribution in [0.5, 0.6) is 0 Å². The van der Waals surface area contributed by atoms with E-state index in [9.17, 15) is 0 Å². The van der Waals surface area contributed by atoms with Crippen molar-refractivity contribution in [3.63, 3.8) is 0 Å². The summed E-state index contributed by atoms with van der Waals surface area (Å²) in [6, 6.07) is 0. The molecule has 0 amide bonds. The maximum Gasteiger partial charge on any atom is 0.159 e. The molecule has 0 unspecified atom stereocenters. The second kappa shape index (κ2) is 3.25. The van der Waals surface area contributed by atoms with E-state index < -0.39 is 0 Å². The van der Waals surface area contributed by atoms with Gasteiger partial charge in [-0.1, -0.05) is 0 Å². The van der Waals surface area contributed by atoms with Crippen molar-refractivity contribution >= 4 is 17.0 Å². The Balaban J connectivity index is 2.38. The molecule has 5 heteroatoms. The van der Waals surface area contributed by atoms with Gasteiger partial charge in [-0.15, -0.1) is 21.5 Å². The molecule has 0 fully saturated rings. The smallest absolute Gasteiger partial charge is 0.159 e. The molecule has 82 valence electrons. The van der Waals surface area contributed by atoms with Crippen LogP contribution in [0.3, 0.4) is 0 Å². The van der Waals surface area contributed by atoms with Crippen molar-refractivity contribution in [2.45, 2.75) is 27.3 Å². The molecular weight excluding hydrogens is 220 g/mol. The molecule has 3 heterocycles. The van der Waals surface area contributed by atoms with Crippen molar-refractivity contribution in [2.24, 2.45) is 4.99 Å². The quantitative estimate of drug-likeness (QED) is 0.699. The average molecular weight is 232 g/mol. The number of nitrogens with zero attached hydrogens (tertiary/aromatic N) is 4. The van der Waals surface area contributed by atoms with Crippen LogP contribution in [-0.4, -0.2) is 20.5 Å². The maximum atomic E-state index is 4.55. The van der Waals surface area contributed by atoms with Crippen LogP contribution in [-0.2, 0) is 6.54 Å². The fraction of sp³-hybridized carbons (Fsp3) is 0.364. The number of hydrogen-bond donors (Lipinski definition) is 0. The summed E-state index contributed by atoms with van der Waals surface area (Å²) in [5.41, 5.74) is 3.67. The molecule has 0 aromatic carbocycles. The Morgan fingerprint density at radius 3 is 2.94 bits per heavy atom. The highest BCUT2D eigenvalue weighted by Crippen LogP contribution is 2.33. The Morgan fingerprint density at radius 1 is 1.31 bits per heavy atom. The lowest BCUT2D eigenvalue weighted by Crippen LogP contribution is -1.99. The average Bonchev–Trinajstić information content (AvgIpc) is 2.79. The molecular formula is C11H12N4S. The van der Waals surface area contributed by atoms with Crippen LogP contribution in [0.4, 0.5) is 0 Å². The minimum atomic E-state index is 0.617. The third-order valence-electron chi connectivity index (χ3n) is 3.02. The highest BCUT2D eigenvalue weighted by atomic mass is 32.1. The van der Waals surface area contributed by atoms with Gasteiger partial charge in [-0.25, -0.2) is 0 Å². The molecule has 0 aliphatic carbocycles. The highest BCUT2D eigenvalue weighted by molar-refractivity contribution is 7.15. The summed E-state index contributed by atoms with van der Waals surface area (Å²) in [5, 5.41) is 9.26. The molecule has 4 nitrogen and oxygen atoms in total. The van der Waals surface area contributed by atoms with E-state index in [0.29, 0.717) is 6.54 Å². The van der Waals surface area contributed by atoms with Crippen molar-refractivity contribution in [2.75, 3.05) is 0 Å². The zero-order valence-corrected chi connectivity index (χ0v) is 10.3. The largest absolute Gasteiger partial charge is 0.281 e. The molecule has 0 spiro atoms. The predicted molar refractivity (Wildman–Crippen MR) is 64.6 cm³/mol. The highest BCUT2D eigenvalue weighted by Gasteiger charge is 2.21. The first-order valence-electron chi connectivity index (χ1n) is 5.19. The van der Waals surface area contributed by atoms with Gasteiger partial charge < -0.3 is 0 Å². The molecule has 16 heavy (non-hydrogen) atoms. The Bertz CT molecular complexity index is 591. The molecule has 1 aliphatic rings. The van der Waals surface area contributed by atoms with Gasteiger partial charge >= 0.3 is 0 Å². The summed E-state index contributed by atoms with van der Waals surface area (Å²) in [6.45, 7) is 6.98. The normalized spacial score (nSPS) is 14.1. The lowest BCUT2D eigenvalue weighted by Gasteiger charge is -2.02. The van der Waals surface area contributed by atoms with Gasteiger partial charge in [0.05, 0.1) is 6.54 Å². The Morgan fingerprint density at radius 2 is 2.12 bits per heavy atom. The van der Waals surface area contributed by atoms with E-state index in [0.717, 1.165) is 11.5 Å². The fourth-order valence-corrected chi connectivity index (χ4v) is 3.21. The second-order valence-electron chi connectivity index (χ2n) is 3.98. The van der Waals surface area contributed by atoms with Gasteiger partial charge in [-0.3, -0.25) is 9.56 Å². The van der Waals surface area contributed by atoms with E-state index in [2.05, 4.69) is 40.5 Å². The molecule has 0 radical (unpaired) electrons. The van der Waals surface area contributed by atoms with E-state index in [1.807, 2.05) is 0 Å². The molecule has 2 aromatic rings. The van der Waals surface area contributed by atoms with E-state index in [1.165, 1.54) is 21.0 Å². The molecule has 1 aliphatic heterocycles. The standard InChI is InChI=1S/C11H12N4S/c1-6-8(3)16-11-10(6)7(2)12-4-9-14-13-5-15(9)11/h5H,4H2,1-3H3. The van der Waals surface area contributed by atoms with Gasteiger partial charge in [0, 0.05) is 16.2 Å². The summed E-state index contributed by atoms with van der Waals surface area (Å²) in [5.74, 6) is 0.916. The summed E-state index contributed by atoms with van der Waals surface area (Å²) in [4.78, 5) is 5.89. The molecule has 0 bridgehead atoms. The lowest BCUT2D eigenvalue weighted by atomic mass is 10.1. The summed E-state index contributed by atoms with van der Waals surface area (Å²) in [6.07, 6.45) is 1.78. The number of thiophene rings is 1. The van der Waals surface area contributed by atoms with Crippen LogP contribution in [0.2, 0.25) is 0 Å². The third kappa shape index (κ3) is 1.18. The Labute approximate surface area is 97.7 Å². The molecule has 2 aromatic heterocycles. The van der Waals surface area contributed by atoms with Crippen molar-refractivity contribution in [3.05, 3.63) is 28.2 Å². The van der Waals surface area contributed by atoms with Gasteiger partial charge in [-0.05, 0) is 26.3 Å². The van der Waals surface area contributed by atoms with Crippen LogP contribution in [0.15, 0.2) is 11.3 Å². The number of aliphatic imine (C=N–C) groups is 1. The van der Waals surface area contributed by atoms with Crippen molar-refractivity contribution in [1.29, 1.82) is 0 Å². The Kier molecular flexibility index (Phi) is 1.97. The van der Waals surface area contributed by atoms with Gasteiger partial charge in [0.2, 0.25) is 0 Å². The van der Waals surface area contributed by atoms with Crippen LogP contribution < -0.4 is 0 Å². The van der Waals surface area contributed by atoms with Gasteiger partial charge in [0.25, 0.3) is 0 Å². The zero-order chi connectivity index (χ0) is 11.3. The molecule has 0 atom stereocenters. The van der Waals surface area contributed by atoms with Crippen LogP contribution in [0.1, 0.15) is 28.8 Å². The summed E-state index contributed by atoms with van der Waals surface area (Å²) >= 11 is 1.78. The summed E-state index contributed by atoms with van der Waals surface area (Å²) < 4.78 is 2.06. The molecule has 3 rings (SSSR count). The van der Waals surface area contributed by atoms with Gasteiger partial charge in [0.1, 0.15) is 11.3 Å². The van der Waals surface area contributed by atoms with Gasteiger partial charge in [-0.2, -0.15) is 0 Å². The minimum absolute atomic E-state index is 0.617. The lowest BCUT2D eigenvalue weighted by molar-refractivity contribution is 0.876. The number of hydrogen-bond acceptors (Lipinski definition) is 4. The van der Waals surface area contributed by atoms with E-state index >= 15 is 0 Å². The van der Waals surface area contributed by atoms with E-state index in [-0.39, 0.29) is 0 Å². The summed E-state index contributed by atoms with van der Waals surface area (Å²) in [7, 11) is 0. The minimum Gasteiger partial charge on any atom is -0.281 e. The fourth-order valence-electron chi connectivity index (χ4n) is 2.01. The SMILES string of the molecule is CC1=NCc2nncn2-c2sc(C)c(C)c21. The molecule has 0 N–H and O–H groups in total. The first-order chi connectivity index (χ1) is 7.68. The predicted octanol–water partition coefficient (Wildman–Crippen LogP) is 2.27. The van der Waals surface area contributed by atoms with Crippen LogP contribution in [0.25, 0.3) is 5.00 Å². The van der Waals surface area contributed by atoms with E-state index in [1.54, 1.807) is 17.7 Å². The number of aryl methyl sites for hydroxylation is 1. The van der Waals surface area contributed by atoms with Crippen molar-refractivity contribution < 1.29 is 0 Å². The van der Waals surface area contributed by atoms with E-state index in [4.69, 9.17) is 0 Å². The monoisotopic (exact) mass is 232 g/mol. The Hall–Kier alpha value is -1.49. The number of aromatic nitrogens is 3. The zero-order valence-electron chi connectivity index (χ0n) is 9.48. The van der Waals surface area contributed by atoms with Crippen LogP contribution in [0, 0.1) is 13.8 Å². The molecule has 0 saturated heterocycles. The van der Waals surface area contributed by atoms with Gasteiger partial charge in [0.15, 0.2) is 5.82 Å². The third-order valence-corrected chi connectivity index (χ3v) is 4.23. The van der Waals surface area contributed by atoms with Crippen molar-refractivity contribution in [3.8, 4) is 5.00 Å².